The van der Waals surface area contributed by atoms with Crippen LogP contribution in [0.1, 0.15) is 42.6 Å². The lowest BCUT2D eigenvalue weighted by atomic mass is 10.1. The molecule has 28 heavy (non-hydrogen) atoms. The fourth-order valence-corrected chi connectivity index (χ4v) is 2.78. The van der Waals surface area contributed by atoms with Crippen LogP contribution in [0.15, 0.2) is 53.5 Å². The number of benzene rings is 2. The average Bonchev–Trinajstić information content (AvgIpc) is 2.73. The molecule has 0 saturated carbocycles. The number of hydrogen-bond donors (Lipinski definition) is 0. The van der Waals surface area contributed by atoms with Crippen molar-refractivity contribution in [2.24, 2.45) is 4.99 Å². The molecule has 150 valence electrons. The Bertz CT molecular complexity index is 786. The highest BCUT2D eigenvalue weighted by atomic mass is 16.5. The molecule has 0 saturated heterocycles. The number of nitrogens with zero attached hydrogens (tertiary/aromatic N) is 1. The smallest absolute Gasteiger partial charge is 0.258 e. The Morgan fingerprint density at radius 2 is 1.75 bits per heavy atom. The van der Waals surface area contributed by atoms with E-state index in [4.69, 9.17) is 14.2 Å². The first-order valence-corrected chi connectivity index (χ1v) is 9.60. The summed E-state index contributed by atoms with van der Waals surface area (Å²) in [5.41, 5.74) is 1.63. The zero-order valence-corrected chi connectivity index (χ0v) is 17.1. The van der Waals surface area contributed by atoms with Crippen LogP contribution in [0, 0.1) is 0 Å². The van der Waals surface area contributed by atoms with E-state index in [1.54, 1.807) is 26.4 Å². The molecule has 0 aliphatic rings. The van der Waals surface area contributed by atoms with Crippen molar-refractivity contribution in [3.8, 4) is 11.5 Å². The Kier molecular flexibility index (Phi) is 8.53. The van der Waals surface area contributed by atoms with E-state index >= 15 is 0 Å². The molecule has 0 aliphatic heterocycles. The molecule has 1 atom stereocenters. The number of ketones is 1. The Morgan fingerprint density at radius 3 is 2.39 bits per heavy atom. The molecule has 0 heterocycles. The third kappa shape index (κ3) is 6.12. The highest BCUT2D eigenvalue weighted by Crippen LogP contribution is 2.28. The van der Waals surface area contributed by atoms with Crippen molar-refractivity contribution in [3.05, 3.63) is 59.7 Å². The number of carbonyl (C=O) groups excluding carboxylic acids is 1. The largest absolute Gasteiger partial charge is 0.493 e. The van der Waals surface area contributed by atoms with E-state index in [1.165, 1.54) is 0 Å². The summed E-state index contributed by atoms with van der Waals surface area (Å²) >= 11 is 0. The molecule has 5 nitrogen and oxygen atoms in total. The van der Waals surface area contributed by atoms with Gasteiger partial charge in [0, 0.05) is 5.56 Å². The van der Waals surface area contributed by atoms with Gasteiger partial charge >= 0.3 is 0 Å². The first-order valence-electron chi connectivity index (χ1n) is 9.60. The number of aliphatic imine (C=N–C) groups is 1. The average molecular weight is 383 g/mol. The van der Waals surface area contributed by atoms with E-state index in [0.29, 0.717) is 30.1 Å². The highest BCUT2D eigenvalue weighted by Gasteiger charge is 2.17. The van der Waals surface area contributed by atoms with Gasteiger partial charge in [-0.2, -0.15) is 0 Å². The van der Waals surface area contributed by atoms with Crippen LogP contribution in [0.2, 0.25) is 0 Å². The zero-order chi connectivity index (χ0) is 20.4. The third-order valence-corrected chi connectivity index (χ3v) is 4.28. The van der Waals surface area contributed by atoms with E-state index in [9.17, 15) is 4.79 Å². The second kappa shape index (κ2) is 11.1. The fourth-order valence-electron chi connectivity index (χ4n) is 2.78. The van der Waals surface area contributed by atoms with Crippen LogP contribution in [-0.2, 0) is 11.2 Å². The number of carbonyl (C=O) groups is 1. The molecule has 0 radical (unpaired) electrons. The van der Waals surface area contributed by atoms with Crippen molar-refractivity contribution >= 4 is 11.7 Å². The lowest BCUT2D eigenvalue weighted by Crippen LogP contribution is -2.21. The SMILES string of the molecule is CCCCOC(=NC(C)Cc1ccc(OC)c(OC)c1)C(=O)c1ccccc1. The first kappa shape index (κ1) is 21.5. The molecule has 0 aromatic heterocycles. The minimum Gasteiger partial charge on any atom is -0.493 e. The number of ether oxygens (including phenoxy) is 3. The molecule has 0 amide bonds. The van der Waals surface area contributed by atoms with E-state index in [-0.39, 0.29) is 17.7 Å². The van der Waals surface area contributed by atoms with Gasteiger partial charge in [-0.15, -0.1) is 0 Å². The molecule has 0 fully saturated rings. The van der Waals surface area contributed by atoms with Gasteiger partial charge in [-0.3, -0.25) is 4.79 Å². The summed E-state index contributed by atoms with van der Waals surface area (Å²) in [4.78, 5) is 17.4. The Morgan fingerprint density at radius 1 is 1.04 bits per heavy atom. The standard InChI is InChI=1S/C23H29NO4/c1-5-6-14-28-23(22(25)19-10-8-7-9-11-19)24-17(2)15-18-12-13-20(26-3)21(16-18)27-4/h7-13,16-17H,5-6,14-15H2,1-4H3. The van der Waals surface area contributed by atoms with Crippen LogP contribution in [0.5, 0.6) is 11.5 Å². The van der Waals surface area contributed by atoms with Crippen LogP contribution in [0.4, 0.5) is 0 Å². The van der Waals surface area contributed by atoms with Gasteiger partial charge in [0.15, 0.2) is 11.5 Å². The lowest BCUT2D eigenvalue weighted by molar-refractivity contribution is 0.102. The monoisotopic (exact) mass is 383 g/mol. The molecule has 0 spiro atoms. The summed E-state index contributed by atoms with van der Waals surface area (Å²) < 4.78 is 16.4. The maximum Gasteiger partial charge on any atom is 0.258 e. The first-order chi connectivity index (χ1) is 13.6. The van der Waals surface area contributed by atoms with Crippen LogP contribution in [0.3, 0.4) is 0 Å². The topological polar surface area (TPSA) is 57.1 Å². The van der Waals surface area contributed by atoms with E-state index < -0.39 is 0 Å². The van der Waals surface area contributed by atoms with Crippen LogP contribution < -0.4 is 9.47 Å². The minimum absolute atomic E-state index is 0.123. The normalized spacial score (nSPS) is 12.4. The van der Waals surface area contributed by atoms with Gasteiger partial charge in [-0.25, -0.2) is 4.99 Å². The molecule has 0 bridgehead atoms. The summed E-state index contributed by atoms with van der Waals surface area (Å²) in [6.45, 7) is 4.54. The molecule has 1 unspecified atom stereocenters. The molecule has 5 heteroatoms. The quantitative estimate of drug-likeness (QED) is 0.257. The summed E-state index contributed by atoms with van der Waals surface area (Å²) in [7, 11) is 3.22. The predicted molar refractivity (Wildman–Crippen MR) is 112 cm³/mol. The number of Topliss-reactive ketones (excluding diaryl/α,β-unsaturated/α-hetero) is 1. The number of rotatable bonds is 10. The Hall–Kier alpha value is -2.82. The van der Waals surface area contributed by atoms with Crippen LogP contribution >= 0.6 is 0 Å². The molecule has 2 aromatic carbocycles. The van der Waals surface area contributed by atoms with Gasteiger partial charge in [0.25, 0.3) is 5.90 Å². The van der Waals surface area contributed by atoms with Gasteiger partial charge in [0.2, 0.25) is 5.78 Å². The molecule has 2 aromatic rings. The van der Waals surface area contributed by atoms with Crippen molar-refractivity contribution in [1.29, 1.82) is 0 Å². The molecule has 0 aliphatic carbocycles. The third-order valence-electron chi connectivity index (χ3n) is 4.28. The molecular weight excluding hydrogens is 354 g/mol. The second-order valence-electron chi connectivity index (χ2n) is 6.57. The van der Waals surface area contributed by atoms with E-state index in [1.807, 2.05) is 43.3 Å². The van der Waals surface area contributed by atoms with Crippen molar-refractivity contribution in [2.75, 3.05) is 20.8 Å². The fraction of sp³-hybridized carbons (Fsp3) is 0.391. The van der Waals surface area contributed by atoms with E-state index in [0.717, 1.165) is 18.4 Å². The summed E-state index contributed by atoms with van der Waals surface area (Å²) in [5.74, 6) is 1.35. The van der Waals surface area contributed by atoms with Gasteiger partial charge in [-0.1, -0.05) is 49.7 Å². The number of hydrogen-bond acceptors (Lipinski definition) is 5. The molecular formula is C23H29NO4. The Balaban J connectivity index is 2.18. The van der Waals surface area contributed by atoms with Gasteiger partial charge in [0.05, 0.1) is 26.9 Å². The summed E-state index contributed by atoms with van der Waals surface area (Å²) in [6.07, 6.45) is 2.53. The summed E-state index contributed by atoms with van der Waals surface area (Å²) in [5, 5.41) is 0. The Labute approximate surface area is 167 Å². The molecule has 0 N–H and O–H groups in total. The number of unbranched alkanes of at least 4 members (excludes halogenated alkanes) is 1. The maximum absolute atomic E-state index is 12.8. The second-order valence-corrected chi connectivity index (χ2v) is 6.57. The van der Waals surface area contributed by atoms with Crippen molar-refractivity contribution in [3.63, 3.8) is 0 Å². The van der Waals surface area contributed by atoms with Crippen molar-refractivity contribution < 1.29 is 19.0 Å². The van der Waals surface area contributed by atoms with Crippen LogP contribution in [0.25, 0.3) is 0 Å². The predicted octanol–water partition coefficient (Wildman–Crippen LogP) is 4.73. The highest BCUT2D eigenvalue weighted by molar-refractivity contribution is 6.42. The minimum atomic E-state index is -0.184. The van der Waals surface area contributed by atoms with Crippen molar-refractivity contribution in [1.82, 2.24) is 0 Å². The van der Waals surface area contributed by atoms with Crippen LogP contribution in [-0.4, -0.2) is 38.5 Å². The number of methoxy groups -OCH3 is 2. The zero-order valence-electron chi connectivity index (χ0n) is 17.1. The van der Waals surface area contributed by atoms with E-state index in [2.05, 4.69) is 11.9 Å². The van der Waals surface area contributed by atoms with Crippen molar-refractivity contribution in [2.45, 2.75) is 39.2 Å². The molecule has 2 rings (SSSR count). The van der Waals surface area contributed by atoms with Gasteiger partial charge in [-0.05, 0) is 37.5 Å². The summed E-state index contributed by atoms with van der Waals surface area (Å²) in [6, 6.07) is 14.8. The maximum atomic E-state index is 12.8. The van der Waals surface area contributed by atoms with Gasteiger partial charge in [0.1, 0.15) is 0 Å². The lowest BCUT2D eigenvalue weighted by Gasteiger charge is -2.14. The van der Waals surface area contributed by atoms with Gasteiger partial charge < -0.3 is 14.2 Å².